The molecule has 1 fully saturated rings. The predicted molar refractivity (Wildman–Crippen MR) is 97.0 cm³/mol. The molecule has 1 aliphatic heterocycles. The maximum Gasteiger partial charge on any atom is 0.573 e. The summed E-state index contributed by atoms with van der Waals surface area (Å²) in [5.41, 5.74) is -3.25. The molecule has 0 radical (unpaired) electrons. The van der Waals surface area contributed by atoms with E-state index in [4.69, 9.17) is 0 Å². The first kappa shape index (κ1) is 23.4. The molecule has 2 aromatic carbocycles. The monoisotopic (exact) mass is 464 g/mol. The minimum absolute atomic E-state index is 0.228. The van der Waals surface area contributed by atoms with Crippen LogP contribution in [0.4, 0.5) is 41.2 Å². The predicted octanol–water partition coefficient (Wildman–Crippen LogP) is 5.49. The summed E-state index contributed by atoms with van der Waals surface area (Å²) in [6.07, 6.45) is -9.92. The standard InChI is InChI=1S/C20H15F7N2O3/c1-18(2)16(30)29(12-5-8-15(21)14(9-12)19(22,23)24)17(31)28(18)10-11-3-6-13(7-4-11)32-20(25,26)27/h3-9H,10H2,1-2H3. The molecule has 0 spiro atoms. The van der Waals surface area contributed by atoms with Gasteiger partial charge in [-0.2, -0.15) is 13.2 Å². The van der Waals surface area contributed by atoms with Gasteiger partial charge in [0.15, 0.2) is 0 Å². The molecule has 0 saturated carbocycles. The number of alkyl halides is 6. The Morgan fingerprint density at radius 2 is 1.53 bits per heavy atom. The molecule has 3 amide bonds. The minimum atomic E-state index is -5.04. The molecule has 5 nitrogen and oxygen atoms in total. The topological polar surface area (TPSA) is 49.9 Å². The lowest BCUT2D eigenvalue weighted by Gasteiger charge is -2.27. The maximum absolute atomic E-state index is 13.6. The van der Waals surface area contributed by atoms with Crippen molar-refractivity contribution in [1.29, 1.82) is 0 Å². The number of imide groups is 1. The van der Waals surface area contributed by atoms with Crippen LogP contribution in [-0.4, -0.2) is 28.7 Å². The fraction of sp³-hybridized carbons (Fsp3) is 0.300. The van der Waals surface area contributed by atoms with E-state index < -0.39 is 52.8 Å². The summed E-state index contributed by atoms with van der Waals surface area (Å²) in [4.78, 5) is 27.3. The highest BCUT2D eigenvalue weighted by Crippen LogP contribution is 2.38. The maximum atomic E-state index is 13.6. The lowest BCUT2D eigenvalue weighted by atomic mass is 10.0. The normalized spacial score (nSPS) is 16.7. The van der Waals surface area contributed by atoms with E-state index in [1.165, 1.54) is 26.0 Å². The summed E-state index contributed by atoms with van der Waals surface area (Å²) in [5, 5.41) is 0. The zero-order chi connectivity index (χ0) is 24.1. The summed E-state index contributed by atoms with van der Waals surface area (Å²) < 4.78 is 93.3. The summed E-state index contributed by atoms with van der Waals surface area (Å²) in [7, 11) is 0. The Bertz CT molecular complexity index is 1050. The van der Waals surface area contributed by atoms with Gasteiger partial charge in [0.25, 0.3) is 5.91 Å². The van der Waals surface area contributed by atoms with Crippen molar-refractivity contribution in [3.8, 4) is 5.75 Å². The van der Waals surface area contributed by atoms with Gasteiger partial charge in [0.1, 0.15) is 17.1 Å². The highest BCUT2D eigenvalue weighted by molar-refractivity contribution is 6.22. The molecule has 172 valence electrons. The number of rotatable bonds is 4. The van der Waals surface area contributed by atoms with Crippen molar-refractivity contribution in [2.24, 2.45) is 0 Å². The Kier molecular flexibility index (Phi) is 5.60. The largest absolute Gasteiger partial charge is 0.573 e. The van der Waals surface area contributed by atoms with Crippen LogP contribution in [0.1, 0.15) is 25.0 Å². The molecule has 3 rings (SSSR count). The van der Waals surface area contributed by atoms with Crippen molar-refractivity contribution >= 4 is 17.6 Å². The van der Waals surface area contributed by atoms with Gasteiger partial charge in [-0.3, -0.25) is 4.79 Å². The first-order valence-electron chi connectivity index (χ1n) is 8.99. The first-order chi connectivity index (χ1) is 14.6. The lowest BCUT2D eigenvalue weighted by molar-refractivity contribution is -0.274. The highest BCUT2D eigenvalue weighted by atomic mass is 19.4. The fourth-order valence-electron chi connectivity index (χ4n) is 3.18. The van der Waals surface area contributed by atoms with Crippen LogP contribution in [0.3, 0.4) is 0 Å². The summed E-state index contributed by atoms with van der Waals surface area (Å²) in [6, 6.07) is 5.33. The van der Waals surface area contributed by atoms with Crippen molar-refractivity contribution in [3.05, 3.63) is 59.4 Å². The number of hydrogen-bond donors (Lipinski definition) is 0. The average Bonchev–Trinajstić information content (AvgIpc) is 2.81. The minimum Gasteiger partial charge on any atom is -0.406 e. The Morgan fingerprint density at radius 1 is 0.938 bits per heavy atom. The number of urea groups is 1. The third kappa shape index (κ3) is 4.48. The highest BCUT2D eigenvalue weighted by Gasteiger charge is 2.52. The molecule has 0 atom stereocenters. The third-order valence-corrected chi connectivity index (χ3v) is 4.83. The number of anilines is 1. The third-order valence-electron chi connectivity index (χ3n) is 4.83. The van der Waals surface area contributed by atoms with Crippen LogP contribution in [0.15, 0.2) is 42.5 Å². The molecule has 0 N–H and O–H groups in total. The van der Waals surface area contributed by atoms with Gasteiger partial charge in [-0.15, -0.1) is 13.2 Å². The van der Waals surface area contributed by atoms with Gasteiger partial charge >= 0.3 is 18.6 Å². The van der Waals surface area contributed by atoms with Gasteiger partial charge in [0.05, 0.1) is 11.3 Å². The van der Waals surface area contributed by atoms with E-state index in [1.807, 2.05) is 0 Å². The number of hydrogen-bond acceptors (Lipinski definition) is 3. The molecule has 0 bridgehead atoms. The number of nitrogens with zero attached hydrogens (tertiary/aromatic N) is 2. The van der Waals surface area contributed by atoms with Crippen LogP contribution < -0.4 is 9.64 Å². The first-order valence-corrected chi connectivity index (χ1v) is 8.99. The summed E-state index contributed by atoms with van der Waals surface area (Å²) >= 11 is 0. The van der Waals surface area contributed by atoms with E-state index in [-0.39, 0.29) is 6.54 Å². The van der Waals surface area contributed by atoms with E-state index in [0.717, 1.165) is 23.1 Å². The zero-order valence-electron chi connectivity index (χ0n) is 16.5. The number of ether oxygens (including phenoxy) is 1. The fourth-order valence-corrected chi connectivity index (χ4v) is 3.18. The van der Waals surface area contributed by atoms with E-state index in [0.29, 0.717) is 22.6 Å². The van der Waals surface area contributed by atoms with Crippen LogP contribution in [0, 0.1) is 5.82 Å². The average molecular weight is 464 g/mol. The Hall–Kier alpha value is -3.31. The SMILES string of the molecule is CC1(C)C(=O)N(c2ccc(F)c(C(F)(F)F)c2)C(=O)N1Cc1ccc(OC(F)(F)F)cc1. The van der Waals surface area contributed by atoms with Gasteiger partial charge in [-0.05, 0) is 49.7 Å². The number of amides is 3. The van der Waals surface area contributed by atoms with Crippen LogP contribution in [0.25, 0.3) is 0 Å². The van der Waals surface area contributed by atoms with Crippen molar-refractivity contribution < 1.29 is 45.1 Å². The van der Waals surface area contributed by atoms with Gasteiger partial charge in [0, 0.05) is 6.54 Å². The van der Waals surface area contributed by atoms with Crippen molar-refractivity contribution in [2.75, 3.05) is 4.90 Å². The van der Waals surface area contributed by atoms with Crippen molar-refractivity contribution in [3.63, 3.8) is 0 Å². The molecule has 0 unspecified atom stereocenters. The molecular weight excluding hydrogens is 449 g/mol. The summed E-state index contributed by atoms with van der Waals surface area (Å²) in [5.74, 6) is -2.89. The van der Waals surface area contributed by atoms with E-state index in [1.54, 1.807) is 0 Å². The van der Waals surface area contributed by atoms with Crippen molar-refractivity contribution in [2.45, 2.75) is 38.5 Å². The lowest BCUT2D eigenvalue weighted by Crippen LogP contribution is -2.43. The number of carbonyl (C=O) groups is 2. The molecule has 2 aromatic rings. The van der Waals surface area contributed by atoms with E-state index in [2.05, 4.69) is 4.74 Å². The second kappa shape index (κ2) is 7.68. The molecule has 12 heteroatoms. The van der Waals surface area contributed by atoms with Gasteiger partial charge < -0.3 is 9.64 Å². The molecule has 1 aliphatic rings. The second-order valence-corrected chi connectivity index (χ2v) is 7.42. The molecule has 1 saturated heterocycles. The second-order valence-electron chi connectivity index (χ2n) is 7.42. The van der Waals surface area contributed by atoms with Crippen LogP contribution >= 0.6 is 0 Å². The van der Waals surface area contributed by atoms with Crippen LogP contribution in [-0.2, 0) is 17.5 Å². The number of halogens is 7. The molecule has 1 heterocycles. The Labute approximate surface area is 177 Å². The Balaban J connectivity index is 1.89. The Morgan fingerprint density at radius 3 is 2.06 bits per heavy atom. The molecular formula is C20H15F7N2O3. The number of benzene rings is 2. The molecule has 32 heavy (non-hydrogen) atoms. The van der Waals surface area contributed by atoms with Gasteiger partial charge in [-0.1, -0.05) is 12.1 Å². The van der Waals surface area contributed by atoms with E-state index >= 15 is 0 Å². The van der Waals surface area contributed by atoms with Gasteiger partial charge in [0.2, 0.25) is 0 Å². The summed E-state index contributed by atoms with van der Waals surface area (Å²) in [6.45, 7) is 2.50. The molecule has 0 aliphatic carbocycles. The van der Waals surface area contributed by atoms with Crippen LogP contribution in [0.5, 0.6) is 5.75 Å². The van der Waals surface area contributed by atoms with Crippen molar-refractivity contribution in [1.82, 2.24) is 4.90 Å². The van der Waals surface area contributed by atoms with E-state index in [9.17, 15) is 40.3 Å². The quantitative estimate of drug-likeness (QED) is 0.444. The zero-order valence-corrected chi connectivity index (χ0v) is 16.5. The molecule has 0 aromatic heterocycles. The smallest absolute Gasteiger partial charge is 0.406 e. The van der Waals surface area contributed by atoms with Gasteiger partial charge in [-0.25, -0.2) is 14.1 Å². The number of carbonyl (C=O) groups excluding carboxylic acids is 2. The van der Waals surface area contributed by atoms with Crippen LogP contribution in [0.2, 0.25) is 0 Å².